The third-order valence-electron chi connectivity index (χ3n) is 4.67. The van der Waals surface area contributed by atoms with Crippen LogP contribution in [0.25, 0.3) is 0 Å². The Morgan fingerprint density at radius 2 is 1.75 bits per heavy atom. The Morgan fingerprint density at radius 1 is 1.07 bits per heavy atom. The number of carbonyl (C=O) groups is 1. The Hall–Kier alpha value is -2.29. The maximum absolute atomic E-state index is 13.4. The van der Waals surface area contributed by atoms with E-state index in [1.165, 1.54) is 22.5 Å². The van der Waals surface area contributed by atoms with Crippen LogP contribution in [0.15, 0.2) is 59.5 Å². The fourth-order valence-corrected chi connectivity index (χ4v) is 4.50. The van der Waals surface area contributed by atoms with E-state index in [4.69, 9.17) is 4.74 Å². The molecule has 1 amide bonds. The predicted octanol–water partition coefficient (Wildman–Crippen LogP) is 2.26. The Bertz CT molecular complexity index is 913. The van der Waals surface area contributed by atoms with Gasteiger partial charge in [-0.2, -0.15) is 4.31 Å². The molecule has 2 aromatic rings. The number of piperazine rings is 1. The van der Waals surface area contributed by atoms with Crippen molar-refractivity contribution in [3.05, 3.63) is 66.0 Å². The molecule has 28 heavy (non-hydrogen) atoms. The largest absolute Gasteiger partial charge is 0.364 e. The summed E-state index contributed by atoms with van der Waals surface area (Å²) < 4.78 is 45.6. The number of benzene rings is 2. The average molecular weight is 406 g/mol. The van der Waals surface area contributed by atoms with Crippen molar-refractivity contribution >= 4 is 15.9 Å². The zero-order chi connectivity index (χ0) is 20.1. The van der Waals surface area contributed by atoms with Gasteiger partial charge in [0.1, 0.15) is 11.9 Å². The number of rotatable bonds is 6. The first-order valence-electron chi connectivity index (χ1n) is 9.08. The summed E-state index contributed by atoms with van der Waals surface area (Å²) in [4.78, 5) is 14.1. The molecule has 1 saturated heterocycles. The summed E-state index contributed by atoms with van der Waals surface area (Å²) >= 11 is 0. The molecule has 2 aromatic carbocycles. The summed E-state index contributed by atoms with van der Waals surface area (Å²) in [6.45, 7) is 2.90. The molecule has 1 fully saturated rings. The van der Waals surface area contributed by atoms with Gasteiger partial charge in [-0.05, 0) is 30.7 Å². The summed E-state index contributed by atoms with van der Waals surface area (Å²) in [5, 5.41) is 0. The van der Waals surface area contributed by atoms with E-state index in [1.54, 1.807) is 11.8 Å². The van der Waals surface area contributed by atoms with Gasteiger partial charge in [0.05, 0.1) is 11.5 Å². The summed E-state index contributed by atoms with van der Waals surface area (Å²) in [6, 6.07) is 14.5. The van der Waals surface area contributed by atoms with Crippen molar-refractivity contribution < 1.29 is 22.3 Å². The Kier molecular flexibility index (Phi) is 6.43. The third-order valence-corrected chi connectivity index (χ3v) is 6.57. The minimum Gasteiger partial charge on any atom is -0.364 e. The molecule has 0 N–H and O–H groups in total. The maximum atomic E-state index is 13.4. The van der Waals surface area contributed by atoms with Gasteiger partial charge in [-0.25, -0.2) is 12.8 Å². The lowest BCUT2D eigenvalue weighted by atomic mass is 10.2. The van der Waals surface area contributed by atoms with Gasteiger partial charge < -0.3 is 9.64 Å². The molecular formula is C20H23FN2O4S. The zero-order valence-corrected chi connectivity index (χ0v) is 16.4. The fourth-order valence-electron chi connectivity index (χ4n) is 3.05. The van der Waals surface area contributed by atoms with Gasteiger partial charge in [0.15, 0.2) is 0 Å². The second kappa shape index (κ2) is 8.81. The molecule has 0 aromatic heterocycles. The van der Waals surface area contributed by atoms with E-state index in [2.05, 4.69) is 0 Å². The molecular weight excluding hydrogens is 383 g/mol. The number of amides is 1. The quantitative estimate of drug-likeness (QED) is 0.738. The Balaban J connectivity index is 1.55. The van der Waals surface area contributed by atoms with E-state index in [0.29, 0.717) is 6.61 Å². The molecule has 0 radical (unpaired) electrons. The number of sulfonamides is 1. The van der Waals surface area contributed by atoms with Crippen LogP contribution >= 0.6 is 0 Å². The number of hydrogen-bond donors (Lipinski definition) is 0. The van der Waals surface area contributed by atoms with E-state index in [9.17, 15) is 17.6 Å². The van der Waals surface area contributed by atoms with Crippen molar-refractivity contribution in [2.45, 2.75) is 24.5 Å². The predicted molar refractivity (Wildman–Crippen MR) is 102 cm³/mol. The minimum absolute atomic E-state index is 0.0770. The smallest absolute Gasteiger partial charge is 0.251 e. The molecule has 1 unspecified atom stereocenters. The highest BCUT2D eigenvalue weighted by Gasteiger charge is 2.31. The van der Waals surface area contributed by atoms with Crippen LogP contribution < -0.4 is 0 Å². The van der Waals surface area contributed by atoms with Crippen LogP contribution in [0.1, 0.15) is 12.5 Å². The number of nitrogens with zero attached hydrogens (tertiary/aromatic N) is 2. The zero-order valence-electron chi connectivity index (χ0n) is 15.6. The first kappa shape index (κ1) is 20.4. The second-order valence-corrected chi connectivity index (χ2v) is 8.56. The van der Waals surface area contributed by atoms with Crippen molar-refractivity contribution in [1.29, 1.82) is 0 Å². The number of hydrogen-bond acceptors (Lipinski definition) is 4. The molecule has 0 aliphatic carbocycles. The molecule has 8 heteroatoms. The SMILES string of the molecule is CC(OCc1ccccc1)C(=O)N1CCN(S(=O)(=O)c2cccc(F)c2)CC1. The fraction of sp³-hybridized carbons (Fsp3) is 0.350. The highest BCUT2D eigenvalue weighted by atomic mass is 32.2. The number of carbonyl (C=O) groups excluding carboxylic acids is 1. The summed E-state index contributed by atoms with van der Waals surface area (Å²) in [6.07, 6.45) is -0.619. The molecule has 1 heterocycles. The van der Waals surface area contributed by atoms with Crippen molar-refractivity contribution in [2.75, 3.05) is 26.2 Å². The van der Waals surface area contributed by atoms with Crippen molar-refractivity contribution in [2.24, 2.45) is 0 Å². The van der Waals surface area contributed by atoms with E-state index in [0.717, 1.165) is 11.6 Å². The lowest BCUT2D eigenvalue weighted by molar-refractivity contribution is -0.144. The Labute approximate surface area is 164 Å². The standard InChI is InChI=1S/C20H23FN2O4S/c1-16(27-15-17-6-3-2-4-7-17)20(24)22-10-12-23(13-11-22)28(25,26)19-9-5-8-18(21)14-19/h2-9,14,16H,10-13,15H2,1H3. The van der Waals surface area contributed by atoms with Gasteiger partial charge in [0, 0.05) is 26.2 Å². The number of ether oxygens (including phenoxy) is 1. The molecule has 0 bridgehead atoms. The molecule has 0 spiro atoms. The molecule has 1 atom stereocenters. The average Bonchev–Trinajstić information content (AvgIpc) is 2.72. The normalized spacial score (nSPS) is 16.7. The van der Waals surface area contributed by atoms with Crippen LogP contribution in [-0.4, -0.2) is 55.8 Å². The van der Waals surface area contributed by atoms with Crippen LogP contribution in [0.3, 0.4) is 0 Å². The van der Waals surface area contributed by atoms with E-state index >= 15 is 0 Å². The Morgan fingerprint density at radius 3 is 2.39 bits per heavy atom. The summed E-state index contributed by atoms with van der Waals surface area (Å²) in [5.74, 6) is -0.766. The lowest BCUT2D eigenvalue weighted by Gasteiger charge is -2.35. The van der Waals surface area contributed by atoms with Crippen LogP contribution in [0.5, 0.6) is 0 Å². The van der Waals surface area contributed by atoms with E-state index in [1.807, 2.05) is 30.3 Å². The van der Waals surface area contributed by atoms with Gasteiger partial charge >= 0.3 is 0 Å². The van der Waals surface area contributed by atoms with Crippen molar-refractivity contribution in [3.8, 4) is 0 Å². The second-order valence-electron chi connectivity index (χ2n) is 6.63. The summed E-state index contributed by atoms with van der Waals surface area (Å²) in [5.41, 5.74) is 0.980. The maximum Gasteiger partial charge on any atom is 0.251 e. The van der Waals surface area contributed by atoms with Crippen molar-refractivity contribution in [3.63, 3.8) is 0 Å². The lowest BCUT2D eigenvalue weighted by Crippen LogP contribution is -2.52. The first-order chi connectivity index (χ1) is 13.4. The van der Waals surface area contributed by atoms with E-state index in [-0.39, 0.29) is 37.0 Å². The first-order valence-corrected chi connectivity index (χ1v) is 10.5. The summed E-state index contributed by atoms with van der Waals surface area (Å²) in [7, 11) is -3.78. The van der Waals surface area contributed by atoms with Crippen LogP contribution in [0, 0.1) is 5.82 Å². The van der Waals surface area contributed by atoms with Crippen LogP contribution in [0.2, 0.25) is 0 Å². The van der Waals surface area contributed by atoms with E-state index < -0.39 is 21.9 Å². The van der Waals surface area contributed by atoms with Crippen molar-refractivity contribution in [1.82, 2.24) is 9.21 Å². The van der Waals surface area contributed by atoms with Crippen LogP contribution in [-0.2, 0) is 26.2 Å². The van der Waals surface area contributed by atoms with Gasteiger partial charge in [-0.1, -0.05) is 36.4 Å². The monoisotopic (exact) mass is 406 g/mol. The highest BCUT2D eigenvalue weighted by molar-refractivity contribution is 7.89. The molecule has 3 rings (SSSR count). The molecule has 150 valence electrons. The van der Waals surface area contributed by atoms with Gasteiger partial charge in [-0.15, -0.1) is 0 Å². The third kappa shape index (κ3) is 4.76. The minimum atomic E-state index is -3.78. The van der Waals surface area contributed by atoms with Gasteiger partial charge in [-0.3, -0.25) is 4.79 Å². The highest BCUT2D eigenvalue weighted by Crippen LogP contribution is 2.19. The number of halogens is 1. The van der Waals surface area contributed by atoms with Gasteiger partial charge in [0.25, 0.3) is 5.91 Å². The molecule has 1 aliphatic rings. The topological polar surface area (TPSA) is 66.9 Å². The van der Waals surface area contributed by atoms with Gasteiger partial charge in [0.2, 0.25) is 10.0 Å². The molecule has 6 nitrogen and oxygen atoms in total. The van der Waals surface area contributed by atoms with Crippen LogP contribution in [0.4, 0.5) is 4.39 Å². The molecule has 1 aliphatic heterocycles. The molecule has 0 saturated carbocycles.